The lowest BCUT2D eigenvalue weighted by Gasteiger charge is -2.39. The fourth-order valence-electron chi connectivity index (χ4n) is 2.34. The van der Waals surface area contributed by atoms with Gasteiger partial charge in [0.25, 0.3) is 5.56 Å². The number of carboxylic acid groups (broad SMARTS) is 1. The number of nitrogens with one attached hydrogen (secondary N) is 1. The molecule has 0 amide bonds. The molecule has 2 rings (SSSR count). The highest BCUT2D eigenvalue weighted by atomic mass is 79.9. The van der Waals surface area contributed by atoms with Crippen LogP contribution >= 0.6 is 15.9 Å². The van der Waals surface area contributed by atoms with Crippen LogP contribution in [0, 0.1) is 0 Å². The molecule has 1 aliphatic rings. The SMILES string of the molecule is CC(C(=O)O)n1cc(Br)c(=O)n(C(C)CNC2(C)COC2)c1=O. The van der Waals surface area contributed by atoms with Crippen LogP contribution in [-0.2, 0) is 9.53 Å². The van der Waals surface area contributed by atoms with Crippen LogP contribution < -0.4 is 16.6 Å². The van der Waals surface area contributed by atoms with E-state index in [-0.39, 0.29) is 10.0 Å². The van der Waals surface area contributed by atoms with Gasteiger partial charge in [0.1, 0.15) is 6.04 Å². The summed E-state index contributed by atoms with van der Waals surface area (Å²) in [6, 6.07) is -1.50. The summed E-state index contributed by atoms with van der Waals surface area (Å²) < 4.78 is 7.41. The maximum atomic E-state index is 12.5. The summed E-state index contributed by atoms with van der Waals surface area (Å²) in [6.07, 6.45) is 1.22. The Morgan fingerprint density at radius 2 is 2.09 bits per heavy atom. The van der Waals surface area contributed by atoms with E-state index in [2.05, 4.69) is 21.2 Å². The number of aliphatic carboxylic acids is 1. The highest BCUT2D eigenvalue weighted by Gasteiger charge is 2.33. The minimum absolute atomic E-state index is 0.148. The number of rotatable bonds is 6. The van der Waals surface area contributed by atoms with Crippen molar-refractivity contribution in [3.8, 4) is 0 Å². The van der Waals surface area contributed by atoms with Crippen LogP contribution in [0.4, 0.5) is 0 Å². The molecule has 1 aromatic heterocycles. The van der Waals surface area contributed by atoms with Crippen molar-refractivity contribution < 1.29 is 14.6 Å². The van der Waals surface area contributed by atoms with Crippen molar-refractivity contribution in [2.75, 3.05) is 19.8 Å². The molecule has 0 radical (unpaired) electrons. The highest BCUT2D eigenvalue weighted by Crippen LogP contribution is 2.16. The molecule has 0 saturated carbocycles. The quantitative estimate of drug-likeness (QED) is 0.727. The normalized spacial score (nSPS) is 19.0. The summed E-state index contributed by atoms with van der Waals surface area (Å²) in [7, 11) is 0. The Hall–Kier alpha value is -1.45. The maximum Gasteiger partial charge on any atom is 0.332 e. The van der Waals surface area contributed by atoms with E-state index in [1.807, 2.05) is 6.92 Å². The Morgan fingerprint density at radius 1 is 1.48 bits per heavy atom. The van der Waals surface area contributed by atoms with Crippen molar-refractivity contribution >= 4 is 21.9 Å². The third-order valence-corrected chi connectivity index (χ3v) is 4.53. The van der Waals surface area contributed by atoms with Crippen molar-refractivity contribution in [1.29, 1.82) is 0 Å². The minimum atomic E-state index is -1.14. The zero-order valence-corrected chi connectivity index (χ0v) is 14.8. The number of ether oxygens (including phenoxy) is 1. The number of carbonyl (C=O) groups is 1. The standard InChI is InChI=1S/C14H20BrN3O5/c1-8(4-16-14(3)6-23-7-14)18-11(19)10(15)5-17(13(18)22)9(2)12(20)21/h5,8-9,16H,4,6-7H2,1-3H3,(H,20,21). The van der Waals surface area contributed by atoms with Gasteiger partial charge in [-0.3, -0.25) is 13.9 Å². The molecule has 23 heavy (non-hydrogen) atoms. The Bertz CT molecular complexity index is 722. The van der Waals surface area contributed by atoms with Gasteiger partial charge in [-0.2, -0.15) is 0 Å². The summed E-state index contributed by atoms with van der Waals surface area (Å²) in [4.78, 5) is 36.0. The first-order valence-corrected chi connectivity index (χ1v) is 8.04. The van der Waals surface area contributed by atoms with Gasteiger partial charge < -0.3 is 15.2 Å². The molecule has 1 aliphatic heterocycles. The molecule has 2 N–H and O–H groups in total. The van der Waals surface area contributed by atoms with Crippen LogP contribution in [0.1, 0.15) is 32.9 Å². The molecule has 1 fully saturated rings. The molecule has 0 bridgehead atoms. The molecule has 9 heteroatoms. The van der Waals surface area contributed by atoms with Crippen molar-refractivity contribution in [2.24, 2.45) is 0 Å². The number of nitrogens with zero attached hydrogens (tertiary/aromatic N) is 2. The van der Waals surface area contributed by atoms with E-state index in [1.54, 1.807) is 6.92 Å². The number of carboxylic acids is 1. The molecule has 1 saturated heterocycles. The smallest absolute Gasteiger partial charge is 0.332 e. The minimum Gasteiger partial charge on any atom is -0.480 e. The van der Waals surface area contributed by atoms with E-state index >= 15 is 0 Å². The van der Waals surface area contributed by atoms with Crippen LogP contribution in [-0.4, -0.2) is 45.5 Å². The molecular weight excluding hydrogens is 370 g/mol. The van der Waals surface area contributed by atoms with Gasteiger partial charge in [-0.1, -0.05) is 0 Å². The Kier molecular flexibility index (Phi) is 5.12. The molecule has 2 unspecified atom stereocenters. The summed E-state index contributed by atoms with van der Waals surface area (Å²) in [5.74, 6) is -1.14. The van der Waals surface area contributed by atoms with Crippen molar-refractivity contribution in [2.45, 2.75) is 38.4 Å². The monoisotopic (exact) mass is 389 g/mol. The van der Waals surface area contributed by atoms with E-state index in [4.69, 9.17) is 9.84 Å². The molecule has 2 atom stereocenters. The highest BCUT2D eigenvalue weighted by molar-refractivity contribution is 9.10. The Balaban J connectivity index is 2.34. The first-order chi connectivity index (χ1) is 10.7. The molecule has 0 aliphatic carbocycles. The Labute approximate surface area is 141 Å². The van der Waals surface area contributed by atoms with Gasteiger partial charge in [-0.05, 0) is 36.7 Å². The second kappa shape index (κ2) is 6.58. The predicted octanol–water partition coefficient (Wildman–Crippen LogP) is 0.358. The lowest BCUT2D eigenvalue weighted by molar-refractivity contribution is -0.140. The molecule has 0 spiro atoms. The zero-order valence-electron chi connectivity index (χ0n) is 13.2. The van der Waals surface area contributed by atoms with Crippen LogP contribution in [0.15, 0.2) is 20.3 Å². The molecule has 128 valence electrons. The predicted molar refractivity (Wildman–Crippen MR) is 86.9 cm³/mol. The third kappa shape index (κ3) is 3.56. The van der Waals surface area contributed by atoms with Crippen molar-refractivity contribution in [3.05, 3.63) is 31.5 Å². The van der Waals surface area contributed by atoms with E-state index < -0.39 is 29.3 Å². The maximum absolute atomic E-state index is 12.5. The second-order valence-electron chi connectivity index (χ2n) is 6.14. The van der Waals surface area contributed by atoms with Gasteiger partial charge in [-0.25, -0.2) is 9.59 Å². The number of hydrogen-bond acceptors (Lipinski definition) is 5. The topological polar surface area (TPSA) is 103 Å². The zero-order chi connectivity index (χ0) is 17.4. The van der Waals surface area contributed by atoms with Gasteiger partial charge in [0.15, 0.2) is 0 Å². The van der Waals surface area contributed by atoms with Gasteiger partial charge in [0.2, 0.25) is 0 Å². The first-order valence-electron chi connectivity index (χ1n) is 7.25. The average molecular weight is 390 g/mol. The Morgan fingerprint density at radius 3 is 2.57 bits per heavy atom. The van der Waals surface area contributed by atoms with E-state index in [0.717, 1.165) is 9.13 Å². The fraction of sp³-hybridized carbons (Fsp3) is 0.643. The van der Waals surface area contributed by atoms with E-state index in [1.165, 1.54) is 13.1 Å². The lowest BCUT2D eigenvalue weighted by atomic mass is 10.0. The van der Waals surface area contributed by atoms with Crippen LogP contribution in [0.2, 0.25) is 0 Å². The van der Waals surface area contributed by atoms with E-state index in [0.29, 0.717) is 19.8 Å². The van der Waals surface area contributed by atoms with Gasteiger partial charge in [0.05, 0.1) is 29.3 Å². The van der Waals surface area contributed by atoms with Gasteiger partial charge in [0, 0.05) is 12.7 Å². The summed E-state index contributed by atoms with van der Waals surface area (Å²) in [5.41, 5.74) is -1.28. The van der Waals surface area contributed by atoms with Crippen LogP contribution in [0.3, 0.4) is 0 Å². The second-order valence-corrected chi connectivity index (χ2v) is 6.99. The van der Waals surface area contributed by atoms with Crippen molar-refractivity contribution in [1.82, 2.24) is 14.5 Å². The summed E-state index contributed by atoms with van der Waals surface area (Å²) in [5, 5.41) is 12.4. The number of aromatic nitrogens is 2. The summed E-state index contributed by atoms with van der Waals surface area (Å²) >= 11 is 3.11. The van der Waals surface area contributed by atoms with Gasteiger partial charge in [-0.15, -0.1) is 0 Å². The van der Waals surface area contributed by atoms with E-state index in [9.17, 15) is 14.4 Å². The number of hydrogen-bond donors (Lipinski definition) is 2. The fourth-order valence-corrected chi connectivity index (χ4v) is 2.75. The van der Waals surface area contributed by atoms with Crippen molar-refractivity contribution in [3.63, 3.8) is 0 Å². The average Bonchev–Trinajstić information content (AvgIpc) is 2.46. The molecule has 2 heterocycles. The lowest BCUT2D eigenvalue weighted by Crippen LogP contribution is -2.59. The van der Waals surface area contributed by atoms with Gasteiger partial charge >= 0.3 is 11.7 Å². The number of halogens is 1. The third-order valence-electron chi connectivity index (χ3n) is 3.98. The van der Waals surface area contributed by atoms with Crippen LogP contribution in [0.5, 0.6) is 0 Å². The molecule has 1 aromatic rings. The van der Waals surface area contributed by atoms with Crippen LogP contribution in [0.25, 0.3) is 0 Å². The molecule has 0 aromatic carbocycles. The molecular formula is C14H20BrN3O5. The summed E-state index contributed by atoms with van der Waals surface area (Å²) in [6.45, 7) is 6.67. The largest absolute Gasteiger partial charge is 0.480 e. The molecule has 8 nitrogen and oxygen atoms in total. The first kappa shape index (κ1) is 17.9.